The number of fused-ring (bicyclic) bond motifs is 1. The number of carbonyl (C=O) groups is 1. The van der Waals surface area contributed by atoms with Crippen molar-refractivity contribution in [3.63, 3.8) is 0 Å². The zero-order valence-electron chi connectivity index (χ0n) is 13.1. The number of anilines is 1. The molecular weight excluding hydrogens is 266 g/mol. The summed E-state index contributed by atoms with van der Waals surface area (Å²) >= 11 is 0. The number of rotatable bonds is 2. The lowest BCUT2D eigenvalue weighted by molar-refractivity contribution is -0.0678. The van der Waals surface area contributed by atoms with Crippen LogP contribution in [0.4, 0.5) is 5.69 Å². The van der Waals surface area contributed by atoms with E-state index in [4.69, 9.17) is 4.74 Å². The van der Waals surface area contributed by atoms with Crippen LogP contribution in [-0.2, 0) is 11.2 Å². The first-order chi connectivity index (χ1) is 9.70. The third-order valence-electron chi connectivity index (χ3n) is 4.67. The van der Waals surface area contributed by atoms with Gasteiger partial charge < -0.3 is 14.7 Å². The summed E-state index contributed by atoms with van der Waals surface area (Å²) in [6.45, 7) is 9.45. The Morgan fingerprint density at radius 1 is 1.33 bits per heavy atom. The Bertz CT molecular complexity index is 592. The highest BCUT2D eigenvalue weighted by molar-refractivity contribution is 5.89. The minimum atomic E-state index is -0.869. The van der Waals surface area contributed by atoms with Crippen LogP contribution in [0.2, 0.25) is 0 Å². The second-order valence-electron chi connectivity index (χ2n) is 7.28. The Morgan fingerprint density at radius 3 is 2.62 bits per heavy atom. The van der Waals surface area contributed by atoms with Crippen LogP contribution < -0.4 is 4.90 Å². The molecule has 0 aliphatic carbocycles. The van der Waals surface area contributed by atoms with Crippen molar-refractivity contribution in [1.82, 2.24) is 0 Å². The lowest BCUT2D eigenvalue weighted by Crippen LogP contribution is -2.46. The zero-order chi connectivity index (χ0) is 15.4. The van der Waals surface area contributed by atoms with E-state index in [0.29, 0.717) is 5.56 Å². The largest absolute Gasteiger partial charge is 0.478 e. The number of hydrogen-bond acceptors (Lipinski definition) is 3. The maximum atomic E-state index is 11.2. The van der Waals surface area contributed by atoms with Crippen LogP contribution in [0, 0.1) is 0 Å². The van der Waals surface area contributed by atoms with Gasteiger partial charge in [-0.2, -0.15) is 0 Å². The van der Waals surface area contributed by atoms with Crippen molar-refractivity contribution in [3.05, 3.63) is 29.3 Å². The molecule has 3 rings (SSSR count). The van der Waals surface area contributed by atoms with E-state index in [9.17, 15) is 9.90 Å². The molecular formula is C17H23NO3. The molecule has 1 saturated heterocycles. The van der Waals surface area contributed by atoms with E-state index in [1.807, 2.05) is 12.1 Å². The summed E-state index contributed by atoms with van der Waals surface area (Å²) in [6.07, 6.45) is 1.93. The van der Waals surface area contributed by atoms with Crippen molar-refractivity contribution in [2.75, 3.05) is 11.4 Å². The van der Waals surface area contributed by atoms with Gasteiger partial charge in [-0.15, -0.1) is 0 Å². The molecule has 2 aliphatic rings. The molecule has 21 heavy (non-hydrogen) atoms. The van der Waals surface area contributed by atoms with Crippen molar-refractivity contribution < 1.29 is 14.6 Å². The topological polar surface area (TPSA) is 49.8 Å². The van der Waals surface area contributed by atoms with Crippen LogP contribution in [0.1, 0.15) is 50.0 Å². The first-order valence-corrected chi connectivity index (χ1v) is 7.53. The van der Waals surface area contributed by atoms with Gasteiger partial charge in [-0.25, -0.2) is 4.79 Å². The smallest absolute Gasteiger partial charge is 0.335 e. The molecule has 4 nitrogen and oxygen atoms in total. The molecule has 0 saturated carbocycles. The zero-order valence-corrected chi connectivity index (χ0v) is 13.1. The Hall–Kier alpha value is -1.55. The van der Waals surface area contributed by atoms with Gasteiger partial charge in [0.1, 0.15) is 0 Å². The van der Waals surface area contributed by atoms with Gasteiger partial charge in [0.25, 0.3) is 0 Å². The number of ether oxygens (including phenoxy) is 1. The minimum Gasteiger partial charge on any atom is -0.478 e. The number of aromatic carboxylic acids is 1. The van der Waals surface area contributed by atoms with E-state index in [1.165, 1.54) is 5.56 Å². The van der Waals surface area contributed by atoms with E-state index in [2.05, 4.69) is 32.6 Å². The molecule has 1 aromatic rings. The van der Waals surface area contributed by atoms with Gasteiger partial charge in [-0.3, -0.25) is 0 Å². The summed E-state index contributed by atoms with van der Waals surface area (Å²) in [7, 11) is 0. The maximum absolute atomic E-state index is 11.2. The molecule has 1 atom stereocenters. The van der Waals surface area contributed by atoms with Crippen molar-refractivity contribution in [2.45, 2.75) is 57.8 Å². The van der Waals surface area contributed by atoms with Crippen molar-refractivity contribution in [2.24, 2.45) is 0 Å². The van der Waals surface area contributed by atoms with Gasteiger partial charge in [0.2, 0.25) is 0 Å². The van der Waals surface area contributed by atoms with Crippen LogP contribution in [0.15, 0.2) is 18.2 Å². The quantitative estimate of drug-likeness (QED) is 0.909. The van der Waals surface area contributed by atoms with Crippen LogP contribution in [-0.4, -0.2) is 34.9 Å². The van der Waals surface area contributed by atoms with Crippen LogP contribution in [0.3, 0.4) is 0 Å². The second kappa shape index (κ2) is 4.47. The lowest BCUT2D eigenvalue weighted by Gasteiger charge is -2.35. The first-order valence-electron chi connectivity index (χ1n) is 7.53. The molecule has 4 heteroatoms. The van der Waals surface area contributed by atoms with Gasteiger partial charge in [-0.1, -0.05) is 6.07 Å². The molecule has 1 fully saturated rings. The summed E-state index contributed by atoms with van der Waals surface area (Å²) in [6, 6.07) is 5.74. The number of hydrogen-bond donors (Lipinski definition) is 1. The summed E-state index contributed by atoms with van der Waals surface area (Å²) in [4.78, 5) is 13.6. The van der Waals surface area contributed by atoms with E-state index >= 15 is 0 Å². The molecule has 1 aromatic carbocycles. The molecule has 114 valence electrons. The Morgan fingerprint density at radius 2 is 2.05 bits per heavy atom. The molecule has 0 bridgehead atoms. The van der Waals surface area contributed by atoms with E-state index < -0.39 is 5.97 Å². The highest BCUT2D eigenvalue weighted by Gasteiger charge is 2.49. The van der Waals surface area contributed by atoms with Gasteiger partial charge in [0, 0.05) is 12.2 Å². The highest BCUT2D eigenvalue weighted by atomic mass is 16.5. The molecule has 0 aromatic heterocycles. The average Bonchev–Trinajstić information content (AvgIpc) is 2.85. The number of benzene rings is 1. The van der Waals surface area contributed by atoms with Crippen LogP contribution in [0.25, 0.3) is 0 Å². The van der Waals surface area contributed by atoms with E-state index in [0.717, 1.165) is 25.1 Å². The van der Waals surface area contributed by atoms with Gasteiger partial charge in [0.05, 0.1) is 22.8 Å². The summed E-state index contributed by atoms with van der Waals surface area (Å²) in [5, 5.41) is 9.21. The summed E-state index contributed by atoms with van der Waals surface area (Å²) in [5.74, 6) is -0.869. The molecule has 0 spiro atoms. The molecule has 1 unspecified atom stereocenters. The van der Waals surface area contributed by atoms with Crippen LogP contribution >= 0.6 is 0 Å². The number of nitrogens with zero attached hydrogens (tertiary/aromatic N) is 1. The summed E-state index contributed by atoms with van der Waals surface area (Å²) < 4.78 is 6.20. The fourth-order valence-electron chi connectivity index (χ4n) is 3.88. The minimum absolute atomic E-state index is 0.138. The Balaban J connectivity index is 1.97. The molecule has 2 aliphatic heterocycles. The predicted octanol–water partition coefficient (Wildman–Crippen LogP) is 3.09. The van der Waals surface area contributed by atoms with E-state index in [1.54, 1.807) is 6.07 Å². The van der Waals surface area contributed by atoms with Crippen LogP contribution in [0.5, 0.6) is 0 Å². The maximum Gasteiger partial charge on any atom is 0.335 e. The second-order valence-corrected chi connectivity index (χ2v) is 7.28. The number of carboxylic acids is 1. The lowest BCUT2D eigenvalue weighted by atomic mass is 9.93. The first kappa shape index (κ1) is 14.4. The SMILES string of the molecule is CC1(C)CC(N2CCc3ccc(C(=O)O)cc32)C(C)(C)O1. The number of carboxylic acid groups (broad SMARTS) is 1. The molecule has 0 amide bonds. The monoisotopic (exact) mass is 289 g/mol. The summed E-state index contributed by atoms with van der Waals surface area (Å²) in [5.41, 5.74) is 2.29. The van der Waals surface area contributed by atoms with Crippen molar-refractivity contribution >= 4 is 11.7 Å². The van der Waals surface area contributed by atoms with Gasteiger partial charge >= 0.3 is 5.97 Å². The van der Waals surface area contributed by atoms with Crippen molar-refractivity contribution in [3.8, 4) is 0 Å². The molecule has 2 heterocycles. The third kappa shape index (κ3) is 2.42. The van der Waals surface area contributed by atoms with Crippen molar-refractivity contribution in [1.29, 1.82) is 0 Å². The Labute approximate surface area is 125 Å². The molecule has 0 radical (unpaired) electrons. The fraction of sp³-hybridized carbons (Fsp3) is 0.588. The molecule has 1 N–H and O–H groups in total. The van der Waals surface area contributed by atoms with Gasteiger partial charge in [-0.05, 0) is 58.2 Å². The third-order valence-corrected chi connectivity index (χ3v) is 4.67. The normalized spacial score (nSPS) is 25.9. The predicted molar refractivity (Wildman–Crippen MR) is 82.1 cm³/mol. The standard InChI is InChI=1S/C17H23NO3/c1-16(2)10-14(17(3,4)21-16)18-8-7-11-5-6-12(15(19)20)9-13(11)18/h5-6,9,14H,7-8,10H2,1-4H3,(H,19,20). The van der Waals surface area contributed by atoms with E-state index in [-0.39, 0.29) is 17.2 Å². The Kier molecular flexibility index (Phi) is 3.06. The van der Waals surface area contributed by atoms with Gasteiger partial charge in [0.15, 0.2) is 0 Å². The highest BCUT2D eigenvalue weighted by Crippen LogP contribution is 2.44. The average molecular weight is 289 g/mol. The fourth-order valence-corrected chi connectivity index (χ4v) is 3.88.